The number of carbonyl (C=O) groups is 1. The van der Waals surface area contributed by atoms with E-state index in [1.54, 1.807) is 33.3 Å². The van der Waals surface area contributed by atoms with Gasteiger partial charge in [-0.2, -0.15) is 13.2 Å². The van der Waals surface area contributed by atoms with E-state index in [1.807, 2.05) is 0 Å². The highest BCUT2D eigenvalue weighted by atomic mass is 19.4. The Hall–Kier alpha value is -2.49. The summed E-state index contributed by atoms with van der Waals surface area (Å²) in [5.74, 6) is 0.454. The average molecular weight is 390 g/mol. The minimum atomic E-state index is -4.37. The number of guanidine groups is 1. The smallest absolute Gasteiger partial charge is 0.422 e. The van der Waals surface area contributed by atoms with Gasteiger partial charge in [0, 0.05) is 27.7 Å². The lowest BCUT2D eigenvalue weighted by Gasteiger charge is -2.15. The first-order chi connectivity index (χ1) is 12.7. The van der Waals surface area contributed by atoms with E-state index in [9.17, 15) is 18.0 Å². The third-order valence-corrected chi connectivity index (χ3v) is 3.25. The van der Waals surface area contributed by atoms with Gasteiger partial charge in [-0.15, -0.1) is 0 Å². The number of aliphatic imine (C=N–C) groups is 1. The lowest BCUT2D eigenvalue weighted by molar-refractivity contribution is -0.153. The van der Waals surface area contributed by atoms with Gasteiger partial charge in [0.1, 0.15) is 5.75 Å². The molecular formula is C17H25F3N4O3. The number of amides is 1. The molecule has 0 saturated heterocycles. The molecule has 0 atom stereocenters. The normalized spacial score (nSPS) is 11.9. The maximum absolute atomic E-state index is 12.1. The van der Waals surface area contributed by atoms with Gasteiger partial charge in [-0.05, 0) is 17.7 Å². The molecule has 27 heavy (non-hydrogen) atoms. The summed E-state index contributed by atoms with van der Waals surface area (Å²) in [7, 11) is 4.88. The van der Waals surface area contributed by atoms with Crippen LogP contribution in [0.5, 0.6) is 5.75 Å². The van der Waals surface area contributed by atoms with Crippen LogP contribution in [0.2, 0.25) is 0 Å². The lowest BCUT2D eigenvalue weighted by Crippen LogP contribution is -2.43. The van der Waals surface area contributed by atoms with E-state index < -0.39 is 12.8 Å². The number of carbonyl (C=O) groups excluding carboxylic acids is 1. The average Bonchev–Trinajstić information content (AvgIpc) is 2.61. The van der Waals surface area contributed by atoms with Crippen molar-refractivity contribution in [1.82, 2.24) is 15.5 Å². The topological polar surface area (TPSA) is 75.2 Å². The van der Waals surface area contributed by atoms with Crippen LogP contribution in [0, 0.1) is 0 Å². The Balaban J connectivity index is 2.63. The number of nitrogens with zero attached hydrogens (tertiary/aromatic N) is 2. The molecule has 0 aromatic heterocycles. The van der Waals surface area contributed by atoms with Crippen molar-refractivity contribution >= 4 is 11.9 Å². The fourth-order valence-electron chi connectivity index (χ4n) is 1.79. The molecule has 152 valence electrons. The van der Waals surface area contributed by atoms with Crippen LogP contribution in [0.1, 0.15) is 5.56 Å². The van der Waals surface area contributed by atoms with Crippen molar-refractivity contribution in [3.63, 3.8) is 0 Å². The van der Waals surface area contributed by atoms with Gasteiger partial charge in [0.15, 0.2) is 12.6 Å². The second-order valence-corrected chi connectivity index (χ2v) is 5.77. The van der Waals surface area contributed by atoms with Crippen molar-refractivity contribution in [2.24, 2.45) is 4.99 Å². The summed E-state index contributed by atoms with van der Waals surface area (Å²) in [5.41, 5.74) is 0.779. The Morgan fingerprint density at radius 3 is 2.41 bits per heavy atom. The molecule has 1 aromatic rings. The van der Waals surface area contributed by atoms with Gasteiger partial charge >= 0.3 is 6.18 Å². The minimum absolute atomic E-state index is 0.0794. The van der Waals surface area contributed by atoms with E-state index in [-0.39, 0.29) is 24.7 Å². The third kappa shape index (κ3) is 10.3. The van der Waals surface area contributed by atoms with Crippen LogP contribution in [0.4, 0.5) is 13.2 Å². The number of methoxy groups -OCH3 is 1. The summed E-state index contributed by atoms with van der Waals surface area (Å²) in [6.45, 7) is -0.00771. The standard InChI is InChI=1S/C17H25F3N4O3/c1-24(2)15(25)11-23-16(21-8-9-26-3)22-10-13-4-6-14(7-5-13)27-12-17(18,19)20/h4-7H,8-12H2,1-3H3,(H2,21,22,23). The Morgan fingerprint density at radius 1 is 1.19 bits per heavy atom. The Labute approximate surface area is 156 Å². The Morgan fingerprint density at radius 2 is 1.85 bits per heavy atom. The highest BCUT2D eigenvalue weighted by molar-refractivity contribution is 5.86. The van der Waals surface area contributed by atoms with E-state index in [0.717, 1.165) is 5.56 Å². The molecule has 0 aliphatic rings. The zero-order chi connectivity index (χ0) is 20.3. The number of benzene rings is 1. The molecule has 10 heteroatoms. The largest absolute Gasteiger partial charge is 0.484 e. The van der Waals surface area contributed by atoms with E-state index in [4.69, 9.17) is 4.74 Å². The first-order valence-electron chi connectivity index (χ1n) is 8.21. The maximum atomic E-state index is 12.1. The van der Waals surface area contributed by atoms with E-state index in [2.05, 4.69) is 20.4 Å². The lowest BCUT2D eigenvalue weighted by atomic mass is 10.2. The summed E-state index contributed by atoms with van der Waals surface area (Å²) in [4.78, 5) is 17.5. The second-order valence-electron chi connectivity index (χ2n) is 5.77. The molecule has 2 N–H and O–H groups in total. The van der Waals surface area contributed by atoms with Crippen LogP contribution >= 0.6 is 0 Å². The predicted octanol–water partition coefficient (Wildman–Crippen LogP) is 1.40. The fraction of sp³-hybridized carbons (Fsp3) is 0.529. The fourth-order valence-corrected chi connectivity index (χ4v) is 1.79. The van der Waals surface area contributed by atoms with Crippen molar-refractivity contribution in [3.05, 3.63) is 29.8 Å². The van der Waals surface area contributed by atoms with Crippen LogP contribution in [0.15, 0.2) is 29.3 Å². The first-order valence-corrected chi connectivity index (χ1v) is 8.21. The maximum Gasteiger partial charge on any atom is 0.422 e. The number of ether oxygens (including phenoxy) is 2. The zero-order valence-electron chi connectivity index (χ0n) is 15.6. The van der Waals surface area contributed by atoms with Crippen LogP contribution in [0.3, 0.4) is 0 Å². The van der Waals surface area contributed by atoms with Crippen LogP contribution in [0.25, 0.3) is 0 Å². The molecular weight excluding hydrogens is 365 g/mol. The van der Waals surface area contributed by atoms with Gasteiger partial charge in [0.2, 0.25) is 5.91 Å². The summed E-state index contributed by atoms with van der Waals surface area (Å²) in [6, 6.07) is 6.18. The SMILES string of the molecule is COCCNC(=NCc1ccc(OCC(F)(F)F)cc1)NCC(=O)N(C)C. The molecule has 1 aromatic carbocycles. The molecule has 0 radical (unpaired) electrons. The molecule has 0 fully saturated rings. The molecule has 0 aliphatic carbocycles. The molecule has 1 rings (SSSR count). The zero-order valence-corrected chi connectivity index (χ0v) is 15.6. The molecule has 7 nitrogen and oxygen atoms in total. The van der Waals surface area contributed by atoms with Crippen molar-refractivity contribution in [1.29, 1.82) is 0 Å². The number of rotatable bonds is 9. The molecule has 0 bridgehead atoms. The second kappa shape index (κ2) is 11.3. The van der Waals surface area contributed by atoms with Gasteiger partial charge in [0.25, 0.3) is 0 Å². The first kappa shape index (κ1) is 22.6. The number of hydrogen-bond donors (Lipinski definition) is 2. The van der Waals surface area contributed by atoms with E-state index in [0.29, 0.717) is 19.1 Å². The van der Waals surface area contributed by atoms with Crippen molar-refractivity contribution in [2.75, 3.05) is 47.5 Å². The van der Waals surface area contributed by atoms with Crippen LogP contribution < -0.4 is 15.4 Å². The summed E-state index contributed by atoms with van der Waals surface area (Å²) < 4.78 is 46.1. The van der Waals surface area contributed by atoms with Crippen LogP contribution in [-0.2, 0) is 16.1 Å². The van der Waals surface area contributed by atoms with Crippen LogP contribution in [-0.4, -0.2) is 70.5 Å². The molecule has 0 spiro atoms. The van der Waals surface area contributed by atoms with Crippen molar-refractivity contribution in [3.8, 4) is 5.75 Å². The number of likely N-dealkylation sites (N-methyl/N-ethyl adjacent to an activating group) is 1. The van der Waals surface area contributed by atoms with Gasteiger partial charge in [-0.3, -0.25) is 4.79 Å². The number of hydrogen-bond acceptors (Lipinski definition) is 4. The van der Waals surface area contributed by atoms with Crippen molar-refractivity contribution < 1.29 is 27.4 Å². The van der Waals surface area contributed by atoms with Gasteiger partial charge in [-0.1, -0.05) is 12.1 Å². The van der Waals surface area contributed by atoms with Gasteiger partial charge < -0.3 is 25.0 Å². The third-order valence-electron chi connectivity index (χ3n) is 3.25. The van der Waals surface area contributed by atoms with E-state index >= 15 is 0 Å². The highest BCUT2D eigenvalue weighted by Crippen LogP contribution is 2.19. The summed E-state index contributed by atoms with van der Waals surface area (Å²) in [6.07, 6.45) is -4.37. The minimum Gasteiger partial charge on any atom is -0.484 e. The quantitative estimate of drug-likeness (QED) is 0.379. The van der Waals surface area contributed by atoms with E-state index in [1.165, 1.54) is 17.0 Å². The molecule has 1 amide bonds. The summed E-state index contributed by atoms with van der Waals surface area (Å²) in [5, 5.41) is 5.95. The predicted molar refractivity (Wildman–Crippen MR) is 95.7 cm³/mol. The number of alkyl halides is 3. The Bertz CT molecular complexity index is 604. The Kier molecular flexibility index (Phi) is 9.41. The molecule has 0 heterocycles. The number of nitrogens with one attached hydrogen (secondary N) is 2. The molecule has 0 aliphatic heterocycles. The van der Waals surface area contributed by atoms with Gasteiger partial charge in [0.05, 0.1) is 19.7 Å². The number of halogens is 3. The summed E-state index contributed by atoms with van der Waals surface area (Å²) >= 11 is 0. The molecule has 0 saturated carbocycles. The monoisotopic (exact) mass is 390 g/mol. The van der Waals surface area contributed by atoms with Gasteiger partial charge in [-0.25, -0.2) is 4.99 Å². The van der Waals surface area contributed by atoms with Crippen molar-refractivity contribution in [2.45, 2.75) is 12.7 Å². The highest BCUT2D eigenvalue weighted by Gasteiger charge is 2.28. The molecule has 0 unspecified atom stereocenters.